The molecule has 0 aliphatic carbocycles. The molecule has 2 heterocycles. The molecular weight excluding hydrogens is 258 g/mol. The lowest BCUT2D eigenvalue weighted by Gasteiger charge is -2.26. The summed E-state index contributed by atoms with van der Waals surface area (Å²) < 4.78 is 1.71. The number of anilines is 1. The molecule has 3 rings (SSSR count). The minimum absolute atomic E-state index is 0.117. The fraction of sp³-hybridized carbons (Fsp3) is 0.308. The van der Waals surface area contributed by atoms with Crippen molar-refractivity contribution in [3.05, 3.63) is 36.2 Å². The van der Waals surface area contributed by atoms with Crippen LogP contribution in [-0.4, -0.2) is 46.1 Å². The topological polar surface area (TPSA) is 83.3 Å². The normalized spacial score (nSPS) is 14.8. The van der Waals surface area contributed by atoms with E-state index in [-0.39, 0.29) is 17.7 Å². The molecular formula is C13H15N5O2. The van der Waals surface area contributed by atoms with Gasteiger partial charge >= 0.3 is 0 Å². The highest BCUT2D eigenvalue weighted by atomic mass is 16.3. The van der Waals surface area contributed by atoms with Gasteiger partial charge < -0.3 is 15.3 Å². The summed E-state index contributed by atoms with van der Waals surface area (Å²) in [5, 5.41) is 20.5. The first-order valence-corrected chi connectivity index (χ1v) is 6.35. The average molecular weight is 273 g/mol. The lowest BCUT2D eigenvalue weighted by molar-refractivity contribution is 0.0988. The van der Waals surface area contributed by atoms with Crippen LogP contribution >= 0.6 is 0 Å². The molecule has 1 amide bonds. The lowest BCUT2D eigenvalue weighted by Crippen LogP contribution is -2.43. The predicted molar refractivity (Wildman–Crippen MR) is 72.8 cm³/mol. The molecule has 2 aromatic rings. The van der Waals surface area contributed by atoms with Crippen molar-refractivity contribution in [3.63, 3.8) is 0 Å². The maximum absolute atomic E-state index is 12.3. The number of aromatic hydroxyl groups is 1. The second-order valence-corrected chi connectivity index (χ2v) is 4.78. The van der Waals surface area contributed by atoms with Crippen LogP contribution in [-0.2, 0) is 0 Å². The third kappa shape index (κ3) is 2.23. The first kappa shape index (κ1) is 12.6. The van der Waals surface area contributed by atoms with Crippen LogP contribution in [0.3, 0.4) is 0 Å². The van der Waals surface area contributed by atoms with Gasteiger partial charge in [0, 0.05) is 31.9 Å². The van der Waals surface area contributed by atoms with Gasteiger partial charge in [-0.3, -0.25) is 4.79 Å². The summed E-state index contributed by atoms with van der Waals surface area (Å²) in [7, 11) is 1.64. The summed E-state index contributed by atoms with van der Waals surface area (Å²) >= 11 is 0. The molecule has 1 saturated heterocycles. The first-order valence-electron chi connectivity index (χ1n) is 6.35. The van der Waals surface area contributed by atoms with Crippen LogP contribution in [0.25, 0.3) is 0 Å². The minimum atomic E-state index is -0.255. The van der Waals surface area contributed by atoms with Gasteiger partial charge in [-0.05, 0) is 12.1 Å². The molecule has 1 aliphatic heterocycles. The molecule has 0 spiro atoms. The monoisotopic (exact) mass is 273 g/mol. The first-order chi connectivity index (χ1) is 9.65. The molecule has 1 aromatic heterocycles. The van der Waals surface area contributed by atoms with Crippen molar-refractivity contribution < 1.29 is 9.90 Å². The van der Waals surface area contributed by atoms with E-state index in [1.54, 1.807) is 36.1 Å². The number of carbonyl (C=O) groups excluding carboxylic acids is 1. The third-order valence-electron chi connectivity index (χ3n) is 3.39. The number of nitrogens with zero attached hydrogens (tertiary/aromatic N) is 4. The number of rotatable bonds is 3. The molecule has 1 fully saturated rings. The van der Waals surface area contributed by atoms with Crippen LogP contribution in [0.4, 0.5) is 5.69 Å². The second kappa shape index (κ2) is 4.93. The number of hydrogen-bond donors (Lipinski definition) is 2. The van der Waals surface area contributed by atoms with E-state index in [2.05, 4.69) is 15.6 Å². The van der Waals surface area contributed by atoms with Crippen molar-refractivity contribution in [2.24, 2.45) is 0 Å². The van der Waals surface area contributed by atoms with Gasteiger partial charge in [0.2, 0.25) is 0 Å². The molecule has 7 heteroatoms. The number of aromatic nitrogens is 3. The molecule has 7 nitrogen and oxygen atoms in total. The molecule has 0 bridgehead atoms. The van der Waals surface area contributed by atoms with E-state index < -0.39 is 0 Å². The van der Waals surface area contributed by atoms with E-state index >= 15 is 0 Å². The van der Waals surface area contributed by atoms with E-state index in [9.17, 15) is 9.90 Å². The summed E-state index contributed by atoms with van der Waals surface area (Å²) in [5.41, 5.74) is 0.901. The van der Waals surface area contributed by atoms with Gasteiger partial charge in [-0.1, -0.05) is 11.3 Å². The van der Waals surface area contributed by atoms with Crippen LogP contribution in [0.5, 0.6) is 5.75 Å². The molecule has 0 unspecified atom stereocenters. The maximum Gasteiger partial charge on any atom is 0.280 e. The van der Waals surface area contributed by atoms with E-state index in [0.29, 0.717) is 11.4 Å². The van der Waals surface area contributed by atoms with Gasteiger partial charge in [0.25, 0.3) is 5.91 Å². The van der Waals surface area contributed by atoms with Gasteiger partial charge in [-0.15, -0.1) is 5.10 Å². The molecule has 0 radical (unpaired) electrons. The number of amides is 1. The maximum atomic E-state index is 12.3. The highest BCUT2D eigenvalue weighted by molar-refractivity contribution is 6.04. The van der Waals surface area contributed by atoms with Crippen LogP contribution < -0.4 is 10.2 Å². The van der Waals surface area contributed by atoms with Crippen molar-refractivity contribution in [2.45, 2.75) is 6.04 Å². The average Bonchev–Trinajstić information content (AvgIpc) is 2.84. The van der Waals surface area contributed by atoms with Crippen LogP contribution in [0, 0.1) is 0 Å². The Morgan fingerprint density at radius 2 is 2.30 bits per heavy atom. The van der Waals surface area contributed by atoms with Crippen molar-refractivity contribution in [3.8, 4) is 5.75 Å². The Morgan fingerprint density at radius 3 is 2.95 bits per heavy atom. The van der Waals surface area contributed by atoms with Crippen molar-refractivity contribution in [1.82, 2.24) is 20.3 Å². The van der Waals surface area contributed by atoms with Crippen molar-refractivity contribution >= 4 is 11.6 Å². The molecule has 1 aromatic carbocycles. The molecule has 20 heavy (non-hydrogen) atoms. The van der Waals surface area contributed by atoms with E-state index in [1.807, 2.05) is 0 Å². The second-order valence-electron chi connectivity index (χ2n) is 4.78. The van der Waals surface area contributed by atoms with Crippen LogP contribution in [0.2, 0.25) is 0 Å². The molecule has 104 valence electrons. The van der Waals surface area contributed by atoms with Crippen LogP contribution in [0.15, 0.2) is 30.5 Å². The number of nitrogens with one attached hydrogen (secondary N) is 1. The van der Waals surface area contributed by atoms with E-state index in [1.165, 1.54) is 11.0 Å². The third-order valence-corrected chi connectivity index (χ3v) is 3.39. The Bertz CT molecular complexity index is 635. The summed E-state index contributed by atoms with van der Waals surface area (Å²) in [6.07, 6.45) is 1.66. The number of phenolic OH excluding ortho intramolecular Hbond substituents is 1. The van der Waals surface area contributed by atoms with E-state index in [4.69, 9.17) is 0 Å². The van der Waals surface area contributed by atoms with Gasteiger partial charge in [0.15, 0.2) is 5.69 Å². The predicted octanol–water partition coefficient (Wildman–Crippen LogP) is 0.405. The van der Waals surface area contributed by atoms with Crippen molar-refractivity contribution in [1.29, 1.82) is 0 Å². The SMILES string of the molecule is CN(C(=O)c1cn(C2CNC2)nn1)c1cccc(O)c1. The molecule has 0 saturated carbocycles. The summed E-state index contributed by atoms with van der Waals surface area (Å²) in [6, 6.07) is 6.79. The van der Waals surface area contributed by atoms with Crippen LogP contribution in [0.1, 0.15) is 16.5 Å². The number of benzene rings is 1. The standard InChI is InChI=1S/C13H15N5O2/c1-17(9-3-2-4-11(19)5-9)13(20)12-8-18(16-15-12)10-6-14-7-10/h2-5,8,10,14,19H,6-7H2,1H3. The van der Waals surface area contributed by atoms with E-state index in [0.717, 1.165) is 13.1 Å². The number of carbonyl (C=O) groups is 1. The van der Waals surface area contributed by atoms with Gasteiger partial charge in [0.05, 0.1) is 12.2 Å². The lowest BCUT2D eigenvalue weighted by atomic mass is 10.2. The smallest absolute Gasteiger partial charge is 0.280 e. The Kier molecular flexibility index (Phi) is 3.11. The summed E-state index contributed by atoms with van der Waals surface area (Å²) in [4.78, 5) is 13.7. The Labute approximate surface area is 115 Å². The zero-order chi connectivity index (χ0) is 14.1. The largest absolute Gasteiger partial charge is 0.508 e. The zero-order valence-corrected chi connectivity index (χ0v) is 11.0. The fourth-order valence-corrected chi connectivity index (χ4v) is 2.00. The Morgan fingerprint density at radius 1 is 1.50 bits per heavy atom. The Hall–Kier alpha value is -2.41. The zero-order valence-electron chi connectivity index (χ0n) is 11.0. The Balaban J connectivity index is 1.79. The highest BCUT2D eigenvalue weighted by Gasteiger charge is 2.23. The van der Waals surface area contributed by atoms with Gasteiger partial charge in [0.1, 0.15) is 5.75 Å². The highest BCUT2D eigenvalue weighted by Crippen LogP contribution is 2.20. The molecule has 2 N–H and O–H groups in total. The summed E-state index contributed by atoms with van der Waals surface area (Å²) in [5.74, 6) is -0.138. The summed E-state index contributed by atoms with van der Waals surface area (Å²) in [6.45, 7) is 1.69. The fourth-order valence-electron chi connectivity index (χ4n) is 2.00. The van der Waals surface area contributed by atoms with Crippen molar-refractivity contribution in [2.75, 3.05) is 25.0 Å². The van der Waals surface area contributed by atoms with Gasteiger partial charge in [-0.2, -0.15) is 0 Å². The number of phenols is 1. The van der Waals surface area contributed by atoms with Gasteiger partial charge in [-0.25, -0.2) is 4.68 Å². The quantitative estimate of drug-likeness (QED) is 0.846. The molecule has 1 aliphatic rings. The number of hydrogen-bond acceptors (Lipinski definition) is 5. The minimum Gasteiger partial charge on any atom is -0.508 e. The molecule has 0 atom stereocenters.